The van der Waals surface area contributed by atoms with E-state index in [-0.39, 0.29) is 10.9 Å². The van der Waals surface area contributed by atoms with Gasteiger partial charge in [0.25, 0.3) is 11.8 Å². The van der Waals surface area contributed by atoms with Gasteiger partial charge in [0.15, 0.2) is 6.10 Å². The maximum Gasteiger partial charge on any atom is 0.326 e. The Bertz CT molecular complexity index is 1080. The third-order valence-corrected chi connectivity index (χ3v) is 5.92. The molecule has 11 heteroatoms. The maximum atomic E-state index is 12.3. The SMILES string of the molecule is COc1ccc(C(=O)NCC(=O)OC(C)C(=O)Nc2ccc(S(=O)(=O)NC(C)C)cc2)cc1. The molecule has 2 aromatic rings. The molecule has 10 nitrogen and oxygen atoms in total. The molecular weight excluding hydrogens is 450 g/mol. The van der Waals surface area contributed by atoms with E-state index in [1.807, 2.05) is 0 Å². The van der Waals surface area contributed by atoms with Gasteiger partial charge in [-0.3, -0.25) is 14.4 Å². The van der Waals surface area contributed by atoms with Crippen molar-refractivity contribution in [3.8, 4) is 5.75 Å². The third-order valence-electron chi connectivity index (χ3n) is 4.25. The van der Waals surface area contributed by atoms with Crippen molar-refractivity contribution >= 4 is 33.5 Å². The summed E-state index contributed by atoms with van der Waals surface area (Å²) in [4.78, 5) is 36.4. The number of methoxy groups -OCH3 is 1. The van der Waals surface area contributed by atoms with Crippen molar-refractivity contribution in [2.75, 3.05) is 19.0 Å². The summed E-state index contributed by atoms with van der Waals surface area (Å²) in [5.74, 6) is -1.29. The molecule has 0 aliphatic heterocycles. The van der Waals surface area contributed by atoms with Crippen LogP contribution in [0.5, 0.6) is 5.75 Å². The average Bonchev–Trinajstić information content (AvgIpc) is 2.77. The number of rotatable bonds is 10. The average molecular weight is 478 g/mol. The predicted molar refractivity (Wildman–Crippen MR) is 121 cm³/mol. The Kier molecular flexibility index (Phi) is 8.94. The van der Waals surface area contributed by atoms with Gasteiger partial charge in [-0.2, -0.15) is 0 Å². The number of ether oxygens (including phenoxy) is 2. The van der Waals surface area contributed by atoms with Crippen LogP contribution in [0.15, 0.2) is 53.4 Å². The minimum atomic E-state index is -3.65. The Labute approximate surface area is 192 Å². The topological polar surface area (TPSA) is 140 Å². The summed E-state index contributed by atoms with van der Waals surface area (Å²) in [7, 11) is -2.14. The summed E-state index contributed by atoms with van der Waals surface area (Å²) in [5, 5.41) is 4.95. The summed E-state index contributed by atoms with van der Waals surface area (Å²) in [5.41, 5.74) is 0.669. The number of carbonyl (C=O) groups is 3. The van der Waals surface area contributed by atoms with Crippen LogP contribution < -0.4 is 20.1 Å². The summed E-state index contributed by atoms with van der Waals surface area (Å²) in [6.45, 7) is 4.38. The van der Waals surface area contributed by atoms with E-state index >= 15 is 0 Å². The van der Waals surface area contributed by atoms with Crippen molar-refractivity contribution in [3.05, 3.63) is 54.1 Å². The molecule has 0 saturated carbocycles. The molecule has 0 saturated heterocycles. The summed E-state index contributed by atoms with van der Waals surface area (Å²) in [6, 6.07) is 11.6. The van der Waals surface area contributed by atoms with Crippen molar-refractivity contribution in [2.45, 2.75) is 37.8 Å². The second-order valence-corrected chi connectivity index (χ2v) is 9.05. The Morgan fingerprint density at radius 1 is 0.939 bits per heavy atom. The number of hydrogen-bond acceptors (Lipinski definition) is 7. The van der Waals surface area contributed by atoms with E-state index in [0.29, 0.717) is 17.0 Å². The van der Waals surface area contributed by atoms with Crippen molar-refractivity contribution in [1.82, 2.24) is 10.0 Å². The first kappa shape index (κ1) is 25.8. The Morgan fingerprint density at radius 2 is 1.55 bits per heavy atom. The lowest BCUT2D eigenvalue weighted by molar-refractivity contribution is -0.152. The fraction of sp³-hybridized carbons (Fsp3) is 0.318. The van der Waals surface area contributed by atoms with Crippen molar-refractivity contribution in [1.29, 1.82) is 0 Å². The zero-order valence-electron chi connectivity index (χ0n) is 18.7. The quantitative estimate of drug-likeness (QED) is 0.442. The number of hydrogen-bond donors (Lipinski definition) is 3. The van der Waals surface area contributed by atoms with E-state index < -0.39 is 40.5 Å². The van der Waals surface area contributed by atoms with Crippen molar-refractivity contribution in [2.24, 2.45) is 0 Å². The molecule has 0 aliphatic rings. The van der Waals surface area contributed by atoms with Gasteiger partial charge in [-0.05, 0) is 69.3 Å². The summed E-state index contributed by atoms with van der Waals surface area (Å²) >= 11 is 0. The molecule has 0 aromatic heterocycles. The summed E-state index contributed by atoms with van der Waals surface area (Å²) in [6.07, 6.45) is -1.14. The molecule has 0 radical (unpaired) electrons. The Hall–Kier alpha value is -3.44. The zero-order valence-corrected chi connectivity index (χ0v) is 19.6. The minimum Gasteiger partial charge on any atom is -0.497 e. The first-order valence-corrected chi connectivity index (χ1v) is 11.5. The highest BCUT2D eigenvalue weighted by molar-refractivity contribution is 7.89. The van der Waals surface area contributed by atoms with E-state index in [1.165, 1.54) is 38.3 Å². The van der Waals surface area contributed by atoms with Gasteiger partial charge < -0.3 is 20.1 Å². The molecule has 3 N–H and O–H groups in total. The molecule has 178 valence electrons. The molecule has 2 rings (SSSR count). The minimum absolute atomic E-state index is 0.0567. The highest BCUT2D eigenvalue weighted by Gasteiger charge is 2.20. The molecule has 0 bridgehead atoms. The molecular formula is C22H27N3O7S. The molecule has 0 aliphatic carbocycles. The standard InChI is InChI=1S/C22H27N3O7S/c1-14(2)25-33(29,30)19-11-7-17(8-12-19)24-21(27)15(3)32-20(26)13-23-22(28)16-5-9-18(31-4)10-6-16/h5-12,14-15,25H,13H2,1-4H3,(H,23,28)(H,24,27). The van der Waals surface area contributed by atoms with Crippen LogP contribution in [0.2, 0.25) is 0 Å². The van der Waals surface area contributed by atoms with E-state index in [0.717, 1.165) is 0 Å². The first-order chi connectivity index (χ1) is 15.5. The molecule has 2 amide bonds. The van der Waals surface area contributed by atoms with Crippen LogP contribution in [-0.4, -0.2) is 52.0 Å². The molecule has 2 aromatic carbocycles. The van der Waals surface area contributed by atoms with E-state index in [1.54, 1.807) is 38.1 Å². The number of benzene rings is 2. The highest BCUT2D eigenvalue weighted by atomic mass is 32.2. The molecule has 1 unspecified atom stereocenters. The fourth-order valence-corrected chi connectivity index (χ4v) is 3.88. The van der Waals surface area contributed by atoms with Gasteiger partial charge in [-0.25, -0.2) is 13.1 Å². The lowest BCUT2D eigenvalue weighted by Crippen LogP contribution is -2.35. The smallest absolute Gasteiger partial charge is 0.326 e. The Morgan fingerprint density at radius 3 is 2.09 bits per heavy atom. The fourth-order valence-electron chi connectivity index (χ4n) is 2.63. The lowest BCUT2D eigenvalue weighted by atomic mass is 10.2. The number of sulfonamides is 1. The van der Waals surface area contributed by atoms with Gasteiger partial charge in [0.1, 0.15) is 12.3 Å². The summed E-state index contributed by atoms with van der Waals surface area (Å²) < 4.78 is 36.8. The number of amides is 2. The number of anilines is 1. The van der Waals surface area contributed by atoms with Gasteiger partial charge in [0, 0.05) is 17.3 Å². The third kappa shape index (κ3) is 7.88. The zero-order chi connectivity index (χ0) is 24.6. The van der Waals surface area contributed by atoms with Crippen LogP contribution in [0.3, 0.4) is 0 Å². The largest absolute Gasteiger partial charge is 0.497 e. The second kappa shape index (κ2) is 11.4. The van der Waals surface area contributed by atoms with Gasteiger partial charge >= 0.3 is 5.97 Å². The normalized spacial score (nSPS) is 12.0. The lowest BCUT2D eigenvalue weighted by Gasteiger charge is -2.14. The molecule has 0 fully saturated rings. The number of nitrogens with one attached hydrogen (secondary N) is 3. The van der Waals surface area contributed by atoms with E-state index in [4.69, 9.17) is 9.47 Å². The Balaban J connectivity index is 1.84. The molecule has 1 atom stereocenters. The molecule has 0 heterocycles. The van der Waals surface area contributed by atoms with Crippen LogP contribution in [0.1, 0.15) is 31.1 Å². The molecule has 33 heavy (non-hydrogen) atoms. The van der Waals surface area contributed by atoms with Crippen molar-refractivity contribution in [3.63, 3.8) is 0 Å². The van der Waals surface area contributed by atoms with Crippen LogP contribution in [0, 0.1) is 0 Å². The van der Waals surface area contributed by atoms with Gasteiger partial charge in [-0.1, -0.05) is 0 Å². The van der Waals surface area contributed by atoms with Gasteiger partial charge in [0.2, 0.25) is 10.0 Å². The monoisotopic (exact) mass is 477 g/mol. The maximum absolute atomic E-state index is 12.3. The number of carbonyl (C=O) groups excluding carboxylic acids is 3. The van der Waals surface area contributed by atoms with Gasteiger partial charge in [0.05, 0.1) is 12.0 Å². The van der Waals surface area contributed by atoms with Crippen LogP contribution in [0.25, 0.3) is 0 Å². The highest BCUT2D eigenvalue weighted by Crippen LogP contribution is 2.15. The predicted octanol–water partition coefficient (Wildman–Crippen LogP) is 1.68. The van der Waals surface area contributed by atoms with Crippen LogP contribution in [-0.2, 0) is 24.3 Å². The second-order valence-electron chi connectivity index (χ2n) is 7.33. The van der Waals surface area contributed by atoms with Crippen molar-refractivity contribution < 1.29 is 32.3 Å². The number of esters is 1. The van der Waals surface area contributed by atoms with Gasteiger partial charge in [-0.15, -0.1) is 0 Å². The van der Waals surface area contributed by atoms with E-state index in [2.05, 4.69) is 15.4 Å². The first-order valence-electron chi connectivity index (χ1n) is 10.1. The van der Waals surface area contributed by atoms with E-state index in [9.17, 15) is 22.8 Å². The molecule has 0 spiro atoms. The van der Waals surface area contributed by atoms with Crippen LogP contribution in [0.4, 0.5) is 5.69 Å². The van der Waals surface area contributed by atoms with Crippen LogP contribution >= 0.6 is 0 Å².